The molecule has 130 valence electrons. The van der Waals surface area contributed by atoms with Crippen molar-refractivity contribution in [2.75, 3.05) is 17.2 Å². The van der Waals surface area contributed by atoms with Crippen LogP contribution < -0.4 is 20.1 Å². The number of amides is 2. The second kappa shape index (κ2) is 7.25. The van der Waals surface area contributed by atoms with Crippen molar-refractivity contribution in [2.45, 2.75) is 26.4 Å². The number of carbonyl (C=O) groups is 2. The molecule has 0 saturated heterocycles. The van der Waals surface area contributed by atoms with Gasteiger partial charge in [-0.3, -0.25) is 9.59 Å². The molecule has 0 radical (unpaired) electrons. The van der Waals surface area contributed by atoms with Gasteiger partial charge in [-0.25, -0.2) is 0 Å². The number of hydrogen-bond donors (Lipinski definition) is 2. The summed E-state index contributed by atoms with van der Waals surface area (Å²) in [6.07, 6.45) is 0.295. The van der Waals surface area contributed by atoms with E-state index in [-0.39, 0.29) is 18.4 Å². The van der Waals surface area contributed by atoms with Crippen LogP contribution in [0.2, 0.25) is 0 Å². The first-order chi connectivity index (χ1) is 12.0. The molecular weight excluding hydrogens is 320 g/mol. The van der Waals surface area contributed by atoms with Crippen LogP contribution in [0.5, 0.6) is 11.5 Å². The van der Waals surface area contributed by atoms with E-state index in [1.54, 1.807) is 25.1 Å². The fourth-order valence-corrected chi connectivity index (χ4v) is 2.47. The Morgan fingerprint density at radius 2 is 2.04 bits per heavy atom. The minimum absolute atomic E-state index is 0.000398. The molecule has 1 atom stereocenters. The summed E-state index contributed by atoms with van der Waals surface area (Å²) >= 11 is 0. The molecule has 0 aliphatic carbocycles. The van der Waals surface area contributed by atoms with Crippen LogP contribution in [-0.2, 0) is 16.0 Å². The van der Waals surface area contributed by atoms with Gasteiger partial charge in [0.25, 0.3) is 11.8 Å². The van der Waals surface area contributed by atoms with Gasteiger partial charge in [0.15, 0.2) is 12.7 Å². The monoisotopic (exact) mass is 340 g/mol. The van der Waals surface area contributed by atoms with Crippen molar-refractivity contribution in [3.05, 3.63) is 48.0 Å². The van der Waals surface area contributed by atoms with Crippen LogP contribution >= 0.6 is 0 Å². The van der Waals surface area contributed by atoms with E-state index in [2.05, 4.69) is 17.6 Å². The van der Waals surface area contributed by atoms with Crippen molar-refractivity contribution in [3.8, 4) is 11.5 Å². The van der Waals surface area contributed by atoms with E-state index in [0.29, 0.717) is 22.9 Å². The first-order valence-electron chi connectivity index (χ1n) is 8.18. The molecule has 1 aliphatic heterocycles. The lowest BCUT2D eigenvalue weighted by Crippen LogP contribution is -2.30. The Morgan fingerprint density at radius 3 is 2.76 bits per heavy atom. The fourth-order valence-electron chi connectivity index (χ4n) is 2.47. The third-order valence-corrected chi connectivity index (χ3v) is 3.89. The Morgan fingerprint density at radius 1 is 1.28 bits per heavy atom. The standard InChI is InChI=1S/C19H20N2O4/c1-3-13-4-7-15(8-5-13)25-12(2)19(23)20-14-6-9-17-16(10-14)21-18(22)11-24-17/h4-10,12H,3,11H2,1-2H3,(H,20,23)(H,21,22)/t12-/m0/s1. The van der Waals surface area contributed by atoms with E-state index in [9.17, 15) is 9.59 Å². The maximum Gasteiger partial charge on any atom is 0.265 e. The highest BCUT2D eigenvalue weighted by atomic mass is 16.5. The number of nitrogens with one attached hydrogen (secondary N) is 2. The van der Waals surface area contributed by atoms with E-state index in [1.165, 1.54) is 5.56 Å². The molecule has 0 bridgehead atoms. The molecule has 2 N–H and O–H groups in total. The fraction of sp³-hybridized carbons (Fsp3) is 0.263. The summed E-state index contributed by atoms with van der Waals surface area (Å²) in [7, 11) is 0. The number of ether oxygens (including phenoxy) is 2. The van der Waals surface area contributed by atoms with E-state index in [1.807, 2.05) is 24.3 Å². The van der Waals surface area contributed by atoms with Crippen LogP contribution in [-0.4, -0.2) is 24.5 Å². The van der Waals surface area contributed by atoms with Gasteiger partial charge in [0.2, 0.25) is 0 Å². The number of rotatable bonds is 5. The lowest BCUT2D eigenvalue weighted by atomic mass is 10.2. The molecule has 0 unspecified atom stereocenters. The highest BCUT2D eigenvalue weighted by Crippen LogP contribution is 2.30. The molecule has 2 amide bonds. The summed E-state index contributed by atoms with van der Waals surface area (Å²) in [4.78, 5) is 23.7. The molecule has 0 fully saturated rings. The second-order valence-corrected chi connectivity index (χ2v) is 5.79. The lowest BCUT2D eigenvalue weighted by molar-refractivity contribution is -0.122. The van der Waals surface area contributed by atoms with Crippen LogP contribution in [0.3, 0.4) is 0 Å². The Balaban J connectivity index is 1.63. The molecule has 3 rings (SSSR count). The zero-order valence-corrected chi connectivity index (χ0v) is 14.2. The largest absolute Gasteiger partial charge is 0.482 e. The highest BCUT2D eigenvalue weighted by molar-refractivity contribution is 5.98. The summed E-state index contributed by atoms with van der Waals surface area (Å²) in [5.74, 6) is 0.731. The lowest BCUT2D eigenvalue weighted by Gasteiger charge is -2.19. The van der Waals surface area contributed by atoms with Gasteiger partial charge in [0.05, 0.1) is 5.69 Å². The molecule has 0 aromatic heterocycles. The highest BCUT2D eigenvalue weighted by Gasteiger charge is 2.18. The van der Waals surface area contributed by atoms with Gasteiger partial charge in [-0.05, 0) is 49.2 Å². The smallest absolute Gasteiger partial charge is 0.265 e. The average Bonchev–Trinajstić information content (AvgIpc) is 2.62. The van der Waals surface area contributed by atoms with Gasteiger partial charge in [-0.15, -0.1) is 0 Å². The maximum atomic E-state index is 12.3. The first-order valence-corrected chi connectivity index (χ1v) is 8.18. The molecule has 0 saturated carbocycles. The first kappa shape index (κ1) is 16.8. The van der Waals surface area contributed by atoms with Crippen molar-refractivity contribution in [1.29, 1.82) is 0 Å². The number of benzene rings is 2. The summed E-state index contributed by atoms with van der Waals surface area (Å²) < 4.78 is 11.0. The average molecular weight is 340 g/mol. The summed E-state index contributed by atoms with van der Waals surface area (Å²) in [5, 5.41) is 5.49. The molecule has 1 aliphatic rings. The van der Waals surface area contributed by atoms with Crippen LogP contribution in [0.25, 0.3) is 0 Å². The van der Waals surface area contributed by atoms with E-state index in [4.69, 9.17) is 9.47 Å². The number of carbonyl (C=O) groups excluding carboxylic acids is 2. The van der Waals surface area contributed by atoms with Crippen molar-refractivity contribution < 1.29 is 19.1 Å². The molecule has 25 heavy (non-hydrogen) atoms. The molecule has 2 aromatic carbocycles. The van der Waals surface area contributed by atoms with Crippen LogP contribution in [0.1, 0.15) is 19.4 Å². The van der Waals surface area contributed by atoms with Crippen molar-refractivity contribution in [3.63, 3.8) is 0 Å². The normalized spacial score (nSPS) is 13.9. The quantitative estimate of drug-likeness (QED) is 0.877. The summed E-state index contributed by atoms with van der Waals surface area (Å²) in [6.45, 7) is 3.77. The number of fused-ring (bicyclic) bond motifs is 1. The molecule has 6 nitrogen and oxygen atoms in total. The van der Waals surface area contributed by atoms with E-state index in [0.717, 1.165) is 6.42 Å². The minimum atomic E-state index is -0.658. The Hall–Kier alpha value is -3.02. The Bertz CT molecular complexity index is 787. The number of anilines is 2. The third-order valence-electron chi connectivity index (χ3n) is 3.89. The Kier molecular flexibility index (Phi) is 4.88. The van der Waals surface area contributed by atoms with Crippen LogP contribution in [0, 0.1) is 0 Å². The van der Waals surface area contributed by atoms with Gasteiger partial charge in [0.1, 0.15) is 11.5 Å². The molecule has 6 heteroatoms. The number of hydrogen-bond acceptors (Lipinski definition) is 4. The van der Waals surface area contributed by atoms with Crippen molar-refractivity contribution in [2.24, 2.45) is 0 Å². The van der Waals surface area contributed by atoms with Crippen molar-refractivity contribution >= 4 is 23.2 Å². The Labute approximate surface area is 146 Å². The minimum Gasteiger partial charge on any atom is -0.482 e. The number of aryl methyl sites for hydroxylation is 1. The second-order valence-electron chi connectivity index (χ2n) is 5.79. The van der Waals surface area contributed by atoms with Gasteiger partial charge < -0.3 is 20.1 Å². The molecule has 1 heterocycles. The van der Waals surface area contributed by atoms with E-state index >= 15 is 0 Å². The van der Waals surface area contributed by atoms with Gasteiger partial charge in [-0.1, -0.05) is 19.1 Å². The maximum absolute atomic E-state index is 12.3. The SMILES string of the molecule is CCc1ccc(O[C@@H](C)C(=O)Nc2ccc3c(c2)NC(=O)CO3)cc1. The van der Waals surface area contributed by atoms with E-state index < -0.39 is 6.10 Å². The zero-order valence-electron chi connectivity index (χ0n) is 14.2. The molecule has 2 aromatic rings. The zero-order chi connectivity index (χ0) is 17.8. The van der Waals surface area contributed by atoms with Gasteiger partial charge in [-0.2, -0.15) is 0 Å². The summed E-state index contributed by atoms with van der Waals surface area (Å²) in [5.41, 5.74) is 2.31. The summed E-state index contributed by atoms with van der Waals surface area (Å²) in [6, 6.07) is 12.8. The third kappa shape index (κ3) is 4.09. The predicted octanol–water partition coefficient (Wildman–Crippen LogP) is 2.99. The van der Waals surface area contributed by atoms with Crippen molar-refractivity contribution in [1.82, 2.24) is 0 Å². The van der Waals surface area contributed by atoms with Gasteiger partial charge in [0, 0.05) is 5.69 Å². The molecule has 0 spiro atoms. The topological polar surface area (TPSA) is 76.7 Å². The van der Waals surface area contributed by atoms with Gasteiger partial charge >= 0.3 is 0 Å². The van der Waals surface area contributed by atoms with Crippen LogP contribution in [0.15, 0.2) is 42.5 Å². The van der Waals surface area contributed by atoms with Crippen LogP contribution in [0.4, 0.5) is 11.4 Å². The molecular formula is C19H20N2O4. The predicted molar refractivity (Wildman–Crippen MR) is 95.1 cm³/mol.